The van der Waals surface area contributed by atoms with Crippen LogP contribution in [0.2, 0.25) is 0 Å². The molecule has 1 aromatic heterocycles. The van der Waals surface area contributed by atoms with Crippen molar-refractivity contribution in [3.63, 3.8) is 0 Å². The van der Waals surface area contributed by atoms with E-state index in [1.54, 1.807) is 59.7 Å². The summed E-state index contributed by atoms with van der Waals surface area (Å²) in [6, 6.07) is 14.8. The average Bonchev–Trinajstić information content (AvgIpc) is 3.39. The topological polar surface area (TPSA) is 91.1 Å². The van der Waals surface area contributed by atoms with Gasteiger partial charge in [-0.15, -0.1) is 0 Å². The van der Waals surface area contributed by atoms with Crippen molar-refractivity contribution in [2.24, 2.45) is 0 Å². The Balaban J connectivity index is 1.61. The van der Waals surface area contributed by atoms with Gasteiger partial charge in [0.25, 0.3) is 17.7 Å². The lowest BCUT2D eigenvalue weighted by Gasteiger charge is -2.22. The van der Waals surface area contributed by atoms with Gasteiger partial charge in [0.15, 0.2) is 0 Å². The highest BCUT2D eigenvalue weighted by atomic mass is 16.3. The zero-order valence-electron chi connectivity index (χ0n) is 17.8. The van der Waals surface area contributed by atoms with Gasteiger partial charge in [-0.3, -0.25) is 19.3 Å². The third kappa shape index (κ3) is 4.27. The third-order valence-electron chi connectivity index (χ3n) is 5.48. The Morgan fingerprint density at radius 1 is 1.00 bits per heavy atom. The fraction of sp³-hybridized carbons (Fsp3) is 0.240. The van der Waals surface area contributed by atoms with Crippen LogP contribution in [0.25, 0.3) is 0 Å². The van der Waals surface area contributed by atoms with Crippen molar-refractivity contribution in [2.75, 3.05) is 6.54 Å². The molecule has 2 heterocycles. The number of carbonyl (C=O) groups is 3. The summed E-state index contributed by atoms with van der Waals surface area (Å²) in [6.07, 6.45) is 3.15. The molecule has 3 aromatic rings. The first kappa shape index (κ1) is 21.4. The van der Waals surface area contributed by atoms with Gasteiger partial charge in [0.2, 0.25) is 0 Å². The number of furan rings is 1. The number of phenols is 1. The third-order valence-corrected chi connectivity index (χ3v) is 5.48. The molecule has 0 atom stereocenters. The van der Waals surface area contributed by atoms with E-state index in [9.17, 15) is 19.5 Å². The van der Waals surface area contributed by atoms with E-state index in [1.165, 1.54) is 11.0 Å². The van der Waals surface area contributed by atoms with Crippen LogP contribution in [0.1, 0.15) is 62.2 Å². The number of amides is 3. The number of rotatable bonds is 8. The second-order valence-corrected chi connectivity index (χ2v) is 7.78. The first-order valence-electron chi connectivity index (χ1n) is 10.6. The minimum Gasteiger partial charge on any atom is -0.508 e. The van der Waals surface area contributed by atoms with Gasteiger partial charge >= 0.3 is 0 Å². The van der Waals surface area contributed by atoms with Gasteiger partial charge in [-0.2, -0.15) is 0 Å². The Morgan fingerprint density at radius 3 is 2.44 bits per heavy atom. The number of carbonyl (C=O) groups excluding carboxylic acids is 3. The van der Waals surface area contributed by atoms with Crippen LogP contribution in [0.5, 0.6) is 5.75 Å². The zero-order chi connectivity index (χ0) is 22.7. The molecule has 1 N–H and O–H groups in total. The van der Waals surface area contributed by atoms with Gasteiger partial charge < -0.3 is 14.4 Å². The second-order valence-electron chi connectivity index (χ2n) is 7.78. The van der Waals surface area contributed by atoms with E-state index in [0.717, 1.165) is 18.4 Å². The smallest absolute Gasteiger partial charge is 0.261 e. The van der Waals surface area contributed by atoms with E-state index in [1.807, 2.05) is 6.92 Å². The monoisotopic (exact) mass is 432 g/mol. The molecular weight excluding hydrogens is 408 g/mol. The Labute approximate surface area is 185 Å². The lowest BCUT2D eigenvalue weighted by molar-refractivity contribution is 0.0651. The Morgan fingerprint density at radius 2 is 1.75 bits per heavy atom. The van der Waals surface area contributed by atoms with Gasteiger partial charge in [0, 0.05) is 18.7 Å². The van der Waals surface area contributed by atoms with Crippen molar-refractivity contribution in [3.05, 3.63) is 88.9 Å². The van der Waals surface area contributed by atoms with Crippen LogP contribution in [-0.4, -0.2) is 39.2 Å². The number of unbranched alkanes of at least 4 members (excludes halogenated alkanes) is 1. The lowest BCUT2D eigenvalue weighted by atomic mass is 10.0. The summed E-state index contributed by atoms with van der Waals surface area (Å²) in [5, 5.41) is 9.54. The van der Waals surface area contributed by atoms with E-state index in [-0.39, 0.29) is 42.1 Å². The van der Waals surface area contributed by atoms with Crippen LogP contribution in [0.3, 0.4) is 0 Å². The van der Waals surface area contributed by atoms with Crippen molar-refractivity contribution in [2.45, 2.75) is 32.9 Å². The molecule has 1 aliphatic rings. The molecule has 0 unspecified atom stereocenters. The summed E-state index contributed by atoms with van der Waals surface area (Å²) in [5.74, 6) is -0.190. The minimum absolute atomic E-state index is 0.145. The van der Waals surface area contributed by atoms with Crippen molar-refractivity contribution < 1.29 is 23.9 Å². The molecule has 0 saturated carbocycles. The SMILES string of the molecule is CCCCN1C(=O)c2ccc(C(=O)N(Cc3ccc(O)cc3)Cc3ccco3)cc2C1=O. The first-order chi connectivity index (χ1) is 15.5. The molecule has 0 spiro atoms. The van der Waals surface area contributed by atoms with Crippen molar-refractivity contribution >= 4 is 17.7 Å². The van der Waals surface area contributed by atoms with Crippen molar-refractivity contribution in [3.8, 4) is 5.75 Å². The normalized spacial score (nSPS) is 12.8. The Bertz CT molecular complexity index is 1140. The molecule has 164 valence electrons. The van der Waals surface area contributed by atoms with E-state index >= 15 is 0 Å². The predicted octanol–water partition coefficient (Wildman–Crippen LogP) is 4.22. The molecular formula is C25H24N2O5. The minimum atomic E-state index is -0.357. The molecule has 0 radical (unpaired) electrons. The number of aromatic hydroxyl groups is 1. The molecule has 1 aliphatic heterocycles. The highest BCUT2D eigenvalue weighted by Crippen LogP contribution is 2.26. The highest BCUT2D eigenvalue weighted by molar-refractivity contribution is 6.22. The largest absolute Gasteiger partial charge is 0.508 e. The van der Waals surface area contributed by atoms with Crippen molar-refractivity contribution in [1.82, 2.24) is 9.80 Å². The molecule has 0 saturated heterocycles. The van der Waals surface area contributed by atoms with E-state index < -0.39 is 0 Å². The summed E-state index contributed by atoms with van der Waals surface area (Å²) in [7, 11) is 0. The molecule has 32 heavy (non-hydrogen) atoms. The quantitative estimate of drug-likeness (QED) is 0.538. The van der Waals surface area contributed by atoms with Crippen molar-refractivity contribution in [1.29, 1.82) is 0 Å². The van der Waals surface area contributed by atoms with Gasteiger partial charge in [-0.25, -0.2) is 0 Å². The maximum absolute atomic E-state index is 13.4. The van der Waals surface area contributed by atoms with Crippen LogP contribution in [0, 0.1) is 0 Å². The second kappa shape index (κ2) is 9.09. The standard InChI is InChI=1S/C25H24N2O5/c1-2-3-12-27-24(30)21-11-8-18(14-22(21)25(27)31)23(29)26(16-20-5-4-13-32-20)15-17-6-9-19(28)10-7-17/h4-11,13-14,28H,2-3,12,15-16H2,1H3. The molecule has 0 aliphatic carbocycles. The summed E-state index contributed by atoms with van der Waals surface area (Å²) < 4.78 is 5.42. The fourth-order valence-corrected chi connectivity index (χ4v) is 3.74. The Kier molecular flexibility index (Phi) is 6.07. The molecule has 0 fully saturated rings. The van der Waals surface area contributed by atoms with Crippen LogP contribution < -0.4 is 0 Å². The molecule has 3 amide bonds. The maximum Gasteiger partial charge on any atom is 0.261 e. The molecule has 0 bridgehead atoms. The van der Waals surface area contributed by atoms with Gasteiger partial charge in [0.05, 0.1) is 23.9 Å². The molecule has 7 heteroatoms. The van der Waals surface area contributed by atoms with Gasteiger partial charge in [-0.1, -0.05) is 25.5 Å². The van der Waals surface area contributed by atoms with E-state index in [4.69, 9.17) is 4.42 Å². The molecule has 4 rings (SSSR count). The maximum atomic E-state index is 13.4. The number of phenolic OH excluding ortho intramolecular Hbond substituents is 1. The average molecular weight is 432 g/mol. The van der Waals surface area contributed by atoms with Gasteiger partial charge in [0.1, 0.15) is 11.5 Å². The van der Waals surface area contributed by atoms with E-state index in [2.05, 4.69) is 0 Å². The van der Waals surface area contributed by atoms with Crippen LogP contribution in [0.4, 0.5) is 0 Å². The highest BCUT2D eigenvalue weighted by Gasteiger charge is 2.35. The lowest BCUT2D eigenvalue weighted by Crippen LogP contribution is -2.31. The molecule has 7 nitrogen and oxygen atoms in total. The number of nitrogens with zero attached hydrogens (tertiary/aromatic N) is 2. The summed E-state index contributed by atoms with van der Waals surface area (Å²) >= 11 is 0. The Hall–Kier alpha value is -3.87. The predicted molar refractivity (Wildman–Crippen MR) is 117 cm³/mol. The summed E-state index contributed by atoms with van der Waals surface area (Å²) in [6.45, 7) is 2.89. The molecule has 2 aromatic carbocycles. The summed E-state index contributed by atoms with van der Waals surface area (Å²) in [5.41, 5.74) is 1.76. The number of imide groups is 1. The number of fused-ring (bicyclic) bond motifs is 1. The first-order valence-corrected chi connectivity index (χ1v) is 10.6. The fourth-order valence-electron chi connectivity index (χ4n) is 3.74. The number of hydrogen-bond donors (Lipinski definition) is 1. The van der Waals surface area contributed by atoms with Crippen LogP contribution in [-0.2, 0) is 13.1 Å². The van der Waals surface area contributed by atoms with Gasteiger partial charge in [-0.05, 0) is 54.4 Å². The van der Waals surface area contributed by atoms with E-state index in [0.29, 0.717) is 23.4 Å². The van der Waals surface area contributed by atoms with Crippen LogP contribution >= 0.6 is 0 Å². The van der Waals surface area contributed by atoms with Crippen LogP contribution in [0.15, 0.2) is 65.3 Å². The number of hydrogen-bond acceptors (Lipinski definition) is 5. The zero-order valence-corrected chi connectivity index (χ0v) is 17.8. The number of benzene rings is 2. The summed E-state index contributed by atoms with van der Waals surface area (Å²) in [4.78, 5) is 41.6.